The van der Waals surface area contributed by atoms with E-state index in [2.05, 4.69) is 16.4 Å². The molecule has 2 N–H and O–H groups in total. The summed E-state index contributed by atoms with van der Waals surface area (Å²) in [4.78, 5) is 30.5. The van der Waals surface area contributed by atoms with E-state index in [4.69, 9.17) is 4.74 Å². The number of ether oxygens (including phenoxy) is 1. The number of anilines is 2. The smallest absolute Gasteiger partial charge is 0.272 e. The maximum absolute atomic E-state index is 12.9. The molecule has 1 aliphatic rings. The highest BCUT2D eigenvalue weighted by atomic mass is 16.5. The number of nitrogens with zero attached hydrogens (tertiary/aromatic N) is 1. The van der Waals surface area contributed by atoms with Crippen LogP contribution in [0.5, 0.6) is 5.75 Å². The fourth-order valence-corrected chi connectivity index (χ4v) is 3.96. The van der Waals surface area contributed by atoms with E-state index in [1.807, 2.05) is 41.3 Å². The summed E-state index contributed by atoms with van der Waals surface area (Å²) in [7, 11) is 1.61. The van der Waals surface area contributed by atoms with Crippen LogP contribution in [-0.2, 0) is 6.42 Å². The monoisotopic (exact) mass is 411 g/mol. The summed E-state index contributed by atoms with van der Waals surface area (Å²) in [5.41, 5.74) is 4.66. The van der Waals surface area contributed by atoms with Gasteiger partial charge in [0.1, 0.15) is 11.4 Å². The zero-order chi connectivity index (χ0) is 21.4. The van der Waals surface area contributed by atoms with Crippen LogP contribution < -0.4 is 15.0 Å². The maximum Gasteiger partial charge on any atom is 0.272 e. The van der Waals surface area contributed by atoms with Crippen LogP contribution in [-0.4, -0.2) is 30.5 Å². The Balaban J connectivity index is 1.30. The average Bonchev–Trinajstić information content (AvgIpc) is 3.43. The third-order valence-corrected chi connectivity index (χ3v) is 5.60. The first kappa shape index (κ1) is 18.9. The molecule has 0 saturated carbocycles. The number of fused-ring (bicyclic) bond motifs is 2. The van der Waals surface area contributed by atoms with Crippen LogP contribution in [0.25, 0.3) is 10.9 Å². The van der Waals surface area contributed by atoms with Crippen molar-refractivity contribution in [3.8, 4) is 5.75 Å². The Labute approximate surface area is 179 Å². The molecule has 31 heavy (non-hydrogen) atoms. The molecule has 1 aliphatic heterocycles. The minimum atomic E-state index is -0.247. The Bertz CT molecular complexity index is 1290. The fourth-order valence-electron chi connectivity index (χ4n) is 3.96. The molecule has 0 aliphatic carbocycles. The second kappa shape index (κ2) is 7.65. The summed E-state index contributed by atoms with van der Waals surface area (Å²) >= 11 is 0. The predicted octanol–water partition coefficient (Wildman–Crippen LogP) is 4.63. The second-order valence-corrected chi connectivity index (χ2v) is 7.50. The lowest BCUT2D eigenvalue weighted by molar-refractivity contribution is 0.0988. The van der Waals surface area contributed by atoms with Gasteiger partial charge in [0.15, 0.2) is 0 Å². The summed E-state index contributed by atoms with van der Waals surface area (Å²) in [6.45, 7) is 0.682. The van der Waals surface area contributed by atoms with Gasteiger partial charge in [0.25, 0.3) is 11.8 Å². The third-order valence-electron chi connectivity index (χ3n) is 5.60. The Morgan fingerprint density at radius 1 is 1.00 bits per heavy atom. The Morgan fingerprint density at radius 3 is 2.61 bits per heavy atom. The first-order chi connectivity index (χ1) is 15.1. The van der Waals surface area contributed by atoms with Gasteiger partial charge in [-0.1, -0.05) is 18.2 Å². The lowest BCUT2D eigenvalue weighted by Gasteiger charge is -2.17. The summed E-state index contributed by atoms with van der Waals surface area (Å²) in [5, 5.41) is 3.80. The second-order valence-electron chi connectivity index (χ2n) is 7.50. The van der Waals surface area contributed by atoms with E-state index in [-0.39, 0.29) is 11.8 Å². The number of aromatic nitrogens is 1. The summed E-state index contributed by atoms with van der Waals surface area (Å²) in [6.07, 6.45) is 0.867. The lowest BCUT2D eigenvalue weighted by atomic mass is 10.1. The van der Waals surface area contributed by atoms with Crippen molar-refractivity contribution in [1.82, 2.24) is 4.98 Å². The molecule has 6 heteroatoms. The molecule has 0 atom stereocenters. The number of hydrogen-bond acceptors (Lipinski definition) is 3. The number of aromatic amines is 1. The molecule has 154 valence electrons. The number of benzene rings is 3. The minimum absolute atomic E-state index is 0.0348. The van der Waals surface area contributed by atoms with Crippen LogP contribution in [0.4, 0.5) is 11.4 Å². The average molecular weight is 411 g/mol. The molecule has 0 saturated heterocycles. The van der Waals surface area contributed by atoms with Gasteiger partial charge in [-0.25, -0.2) is 0 Å². The van der Waals surface area contributed by atoms with E-state index < -0.39 is 0 Å². The van der Waals surface area contributed by atoms with Crippen LogP contribution in [0.2, 0.25) is 0 Å². The summed E-state index contributed by atoms with van der Waals surface area (Å²) in [6, 6.07) is 22.4. The van der Waals surface area contributed by atoms with E-state index >= 15 is 0 Å². The van der Waals surface area contributed by atoms with Gasteiger partial charge in [-0.2, -0.15) is 0 Å². The van der Waals surface area contributed by atoms with Crippen LogP contribution in [0.1, 0.15) is 26.4 Å². The van der Waals surface area contributed by atoms with Crippen molar-refractivity contribution in [2.75, 3.05) is 23.9 Å². The largest absolute Gasteiger partial charge is 0.497 e. The third kappa shape index (κ3) is 3.53. The van der Waals surface area contributed by atoms with Crippen molar-refractivity contribution in [3.05, 3.63) is 89.6 Å². The predicted molar refractivity (Wildman–Crippen MR) is 121 cm³/mol. The normalized spacial score (nSPS) is 12.6. The van der Waals surface area contributed by atoms with Gasteiger partial charge in [-0.05, 0) is 60.5 Å². The Morgan fingerprint density at radius 2 is 1.81 bits per heavy atom. The van der Waals surface area contributed by atoms with Crippen LogP contribution in [0.15, 0.2) is 72.8 Å². The molecular weight excluding hydrogens is 390 g/mol. The van der Waals surface area contributed by atoms with Crippen LogP contribution >= 0.6 is 0 Å². The number of para-hydroxylation sites is 1. The highest BCUT2D eigenvalue weighted by Crippen LogP contribution is 2.29. The molecule has 3 aromatic carbocycles. The number of amides is 2. The van der Waals surface area contributed by atoms with Gasteiger partial charge in [0.05, 0.1) is 7.11 Å². The van der Waals surface area contributed by atoms with Crippen molar-refractivity contribution in [3.63, 3.8) is 0 Å². The first-order valence-corrected chi connectivity index (χ1v) is 10.1. The molecule has 0 unspecified atom stereocenters. The topological polar surface area (TPSA) is 74.4 Å². The van der Waals surface area contributed by atoms with Gasteiger partial charge in [-0.3, -0.25) is 9.59 Å². The number of rotatable bonds is 4. The zero-order valence-corrected chi connectivity index (χ0v) is 17.0. The highest BCUT2D eigenvalue weighted by Gasteiger charge is 2.25. The standard InChI is InChI=1S/C25H21N3O3/c1-31-20-11-8-18-14-22(27-21(18)15-20)24(29)26-19-9-6-17(7-10-19)25(30)28-13-12-16-4-2-3-5-23(16)28/h2-11,14-15,27H,12-13H2,1H3,(H,26,29). The summed E-state index contributed by atoms with van der Waals surface area (Å²) in [5.74, 6) is 0.442. The van der Waals surface area contributed by atoms with Gasteiger partial charge in [0, 0.05) is 40.5 Å². The highest BCUT2D eigenvalue weighted by molar-refractivity contribution is 6.08. The number of H-pyrrole nitrogens is 1. The quantitative estimate of drug-likeness (QED) is 0.514. The molecule has 4 aromatic rings. The molecule has 0 radical (unpaired) electrons. The molecule has 0 fully saturated rings. The molecule has 2 heterocycles. The number of methoxy groups -OCH3 is 1. The fraction of sp³-hybridized carbons (Fsp3) is 0.120. The maximum atomic E-state index is 12.9. The minimum Gasteiger partial charge on any atom is -0.497 e. The number of nitrogens with one attached hydrogen (secondary N) is 2. The van der Waals surface area contributed by atoms with Crippen molar-refractivity contribution in [2.45, 2.75) is 6.42 Å². The molecule has 2 amide bonds. The van der Waals surface area contributed by atoms with Crippen molar-refractivity contribution >= 4 is 34.1 Å². The summed E-state index contributed by atoms with van der Waals surface area (Å²) < 4.78 is 5.22. The van der Waals surface area contributed by atoms with Crippen LogP contribution in [0, 0.1) is 0 Å². The van der Waals surface area contributed by atoms with Crippen molar-refractivity contribution in [2.24, 2.45) is 0 Å². The molecule has 5 rings (SSSR count). The molecule has 1 aromatic heterocycles. The number of hydrogen-bond donors (Lipinski definition) is 2. The van der Waals surface area contributed by atoms with E-state index in [0.717, 1.165) is 28.8 Å². The van der Waals surface area contributed by atoms with Gasteiger partial charge < -0.3 is 19.9 Å². The number of carbonyl (C=O) groups excluding carboxylic acids is 2. The Kier molecular flexibility index (Phi) is 4.67. The molecular formula is C25H21N3O3. The molecule has 0 bridgehead atoms. The zero-order valence-electron chi connectivity index (χ0n) is 17.0. The lowest BCUT2D eigenvalue weighted by Crippen LogP contribution is -2.28. The SMILES string of the molecule is COc1ccc2cc(C(=O)Nc3ccc(C(=O)N4CCc5ccccc54)cc3)[nH]c2c1. The van der Waals surface area contributed by atoms with E-state index in [1.54, 1.807) is 37.4 Å². The van der Waals surface area contributed by atoms with E-state index in [1.165, 1.54) is 5.56 Å². The first-order valence-electron chi connectivity index (χ1n) is 10.1. The Hall–Kier alpha value is -4.06. The van der Waals surface area contributed by atoms with Crippen LogP contribution in [0.3, 0.4) is 0 Å². The molecule has 0 spiro atoms. The van der Waals surface area contributed by atoms with Gasteiger partial charge >= 0.3 is 0 Å². The van der Waals surface area contributed by atoms with E-state index in [0.29, 0.717) is 23.5 Å². The van der Waals surface area contributed by atoms with Gasteiger partial charge in [0.2, 0.25) is 0 Å². The van der Waals surface area contributed by atoms with E-state index in [9.17, 15) is 9.59 Å². The number of carbonyl (C=O) groups is 2. The molecule has 6 nitrogen and oxygen atoms in total. The van der Waals surface area contributed by atoms with Crippen molar-refractivity contribution in [1.29, 1.82) is 0 Å². The van der Waals surface area contributed by atoms with Crippen molar-refractivity contribution < 1.29 is 14.3 Å². The van der Waals surface area contributed by atoms with Gasteiger partial charge in [-0.15, -0.1) is 0 Å².